The Labute approximate surface area is 114 Å². The van der Waals surface area contributed by atoms with Crippen LogP contribution in [0.3, 0.4) is 0 Å². The quantitative estimate of drug-likeness (QED) is 0.945. The van der Waals surface area contributed by atoms with Crippen LogP contribution in [0.1, 0.15) is 25.1 Å². The highest BCUT2D eigenvalue weighted by Gasteiger charge is 2.10. The van der Waals surface area contributed by atoms with Crippen LogP contribution in [0.25, 0.3) is 11.4 Å². The first-order valence-corrected chi connectivity index (χ1v) is 6.83. The van der Waals surface area contributed by atoms with Crippen LogP contribution in [0.2, 0.25) is 0 Å². The minimum atomic E-state index is -0.122. The van der Waals surface area contributed by atoms with E-state index in [4.69, 9.17) is 0 Å². The lowest BCUT2D eigenvalue weighted by Gasteiger charge is -2.08. The lowest BCUT2D eigenvalue weighted by Crippen LogP contribution is -2.13. The van der Waals surface area contributed by atoms with Crippen LogP contribution in [-0.2, 0) is 12.8 Å². The summed E-state index contributed by atoms with van der Waals surface area (Å²) in [6.07, 6.45) is 1.64. The van der Waals surface area contributed by atoms with Crippen LogP contribution in [0.5, 0.6) is 0 Å². The predicted molar refractivity (Wildman–Crippen MR) is 76.7 cm³/mol. The number of halogens is 1. The maximum Gasteiger partial charge on any atom is 0.265 e. The molecule has 2 rings (SSSR count). The second-order valence-electron chi connectivity index (χ2n) is 4.04. The van der Waals surface area contributed by atoms with Gasteiger partial charge in [-0.15, -0.1) is 0 Å². The highest BCUT2D eigenvalue weighted by molar-refractivity contribution is 9.10. The fourth-order valence-corrected chi connectivity index (χ4v) is 2.40. The second-order valence-corrected chi connectivity index (χ2v) is 4.83. The number of benzene rings is 1. The largest absolute Gasteiger partial charge is 0.306 e. The number of hydrogen-bond donors (Lipinski definition) is 1. The molecule has 3 nitrogen and oxygen atoms in total. The molecule has 0 bridgehead atoms. The van der Waals surface area contributed by atoms with Gasteiger partial charge in [-0.1, -0.05) is 38.1 Å². The van der Waals surface area contributed by atoms with Crippen molar-refractivity contribution in [2.45, 2.75) is 26.7 Å². The molecule has 0 unspecified atom stereocenters. The van der Waals surface area contributed by atoms with Gasteiger partial charge in [0.2, 0.25) is 0 Å². The molecular weight excluding hydrogens is 292 g/mol. The smallest absolute Gasteiger partial charge is 0.265 e. The van der Waals surface area contributed by atoms with Crippen molar-refractivity contribution in [1.29, 1.82) is 0 Å². The van der Waals surface area contributed by atoms with E-state index in [9.17, 15) is 4.79 Å². The molecule has 0 aliphatic carbocycles. The zero-order chi connectivity index (χ0) is 13.1. The fourth-order valence-electron chi connectivity index (χ4n) is 1.93. The van der Waals surface area contributed by atoms with Gasteiger partial charge >= 0.3 is 0 Å². The molecule has 18 heavy (non-hydrogen) atoms. The van der Waals surface area contributed by atoms with Gasteiger partial charge in [0.15, 0.2) is 0 Å². The summed E-state index contributed by atoms with van der Waals surface area (Å²) >= 11 is 3.28. The molecule has 0 saturated carbocycles. The van der Waals surface area contributed by atoms with E-state index in [1.165, 1.54) is 5.56 Å². The summed E-state index contributed by atoms with van der Waals surface area (Å²) in [4.78, 5) is 19.2. The summed E-state index contributed by atoms with van der Waals surface area (Å²) in [5, 5.41) is 0. The van der Waals surface area contributed by atoms with E-state index < -0.39 is 0 Å². The summed E-state index contributed by atoms with van der Waals surface area (Å²) in [5.41, 5.74) is 2.85. The van der Waals surface area contributed by atoms with Crippen LogP contribution in [0, 0.1) is 0 Å². The van der Waals surface area contributed by atoms with Crippen molar-refractivity contribution in [1.82, 2.24) is 9.97 Å². The molecule has 1 aromatic heterocycles. The van der Waals surface area contributed by atoms with Gasteiger partial charge in [-0.05, 0) is 34.3 Å². The van der Waals surface area contributed by atoms with E-state index in [1.54, 1.807) is 0 Å². The minimum absolute atomic E-state index is 0.122. The first kappa shape index (κ1) is 13.0. The zero-order valence-corrected chi connectivity index (χ0v) is 12.0. The molecule has 4 heteroatoms. The summed E-state index contributed by atoms with van der Waals surface area (Å²) in [6, 6.07) is 8.01. The topological polar surface area (TPSA) is 45.8 Å². The highest BCUT2D eigenvalue weighted by atomic mass is 79.9. The fraction of sp³-hybridized carbons (Fsp3) is 0.286. The summed E-state index contributed by atoms with van der Waals surface area (Å²) in [7, 11) is 0. The van der Waals surface area contributed by atoms with Crippen LogP contribution in [0.15, 0.2) is 33.5 Å². The van der Waals surface area contributed by atoms with Crippen LogP contribution >= 0.6 is 15.9 Å². The SMILES string of the molecule is CCc1ccccc1-c1nc(CC)c(Br)c(=O)[nH]1. The second kappa shape index (κ2) is 5.48. The Morgan fingerprint density at radius 2 is 1.94 bits per heavy atom. The van der Waals surface area contributed by atoms with Gasteiger partial charge in [-0.2, -0.15) is 0 Å². The predicted octanol–water partition coefficient (Wildman–Crippen LogP) is 3.32. The first-order chi connectivity index (χ1) is 8.67. The number of rotatable bonds is 3. The molecule has 1 heterocycles. The first-order valence-electron chi connectivity index (χ1n) is 6.04. The molecule has 0 spiro atoms. The molecule has 1 N–H and O–H groups in total. The molecule has 1 aromatic carbocycles. The number of nitrogens with one attached hydrogen (secondary N) is 1. The van der Waals surface area contributed by atoms with E-state index in [2.05, 4.69) is 38.9 Å². The Kier molecular flexibility index (Phi) is 3.97. The third-order valence-electron chi connectivity index (χ3n) is 2.92. The van der Waals surface area contributed by atoms with Crippen molar-refractivity contribution in [3.63, 3.8) is 0 Å². The number of hydrogen-bond acceptors (Lipinski definition) is 2. The number of aromatic nitrogens is 2. The molecule has 94 valence electrons. The lowest BCUT2D eigenvalue weighted by atomic mass is 10.0. The lowest BCUT2D eigenvalue weighted by molar-refractivity contribution is 0.966. The van der Waals surface area contributed by atoms with E-state index in [0.29, 0.717) is 10.3 Å². The molecular formula is C14H15BrN2O. The van der Waals surface area contributed by atoms with Crippen molar-refractivity contribution >= 4 is 15.9 Å². The molecule has 0 saturated heterocycles. The Balaban J connectivity index is 2.64. The zero-order valence-electron chi connectivity index (χ0n) is 10.5. The van der Waals surface area contributed by atoms with E-state index in [0.717, 1.165) is 24.1 Å². The monoisotopic (exact) mass is 306 g/mol. The van der Waals surface area contributed by atoms with Gasteiger partial charge in [0.05, 0.1) is 5.69 Å². The Morgan fingerprint density at radius 3 is 2.61 bits per heavy atom. The molecule has 0 aliphatic heterocycles. The van der Waals surface area contributed by atoms with Gasteiger partial charge in [0, 0.05) is 5.56 Å². The van der Waals surface area contributed by atoms with Crippen molar-refractivity contribution in [2.24, 2.45) is 0 Å². The Bertz CT molecular complexity index is 619. The third kappa shape index (κ3) is 2.38. The average molecular weight is 307 g/mol. The van der Waals surface area contributed by atoms with Crippen LogP contribution in [0.4, 0.5) is 0 Å². The van der Waals surface area contributed by atoms with Crippen molar-refractivity contribution < 1.29 is 0 Å². The van der Waals surface area contributed by atoms with Crippen molar-refractivity contribution in [2.75, 3.05) is 0 Å². The average Bonchev–Trinajstić information content (AvgIpc) is 2.41. The number of aromatic amines is 1. The number of H-pyrrole nitrogens is 1. The molecule has 2 aromatic rings. The molecule has 0 amide bonds. The standard InChI is InChI=1S/C14H15BrN2O/c1-3-9-7-5-6-8-10(9)13-16-11(4-2)12(15)14(18)17-13/h5-8H,3-4H2,1-2H3,(H,16,17,18). The third-order valence-corrected chi connectivity index (χ3v) is 3.74. The van der Waals surface area contributed by atoms with Crippen LogP contribution < -0.4 is 5.56 Å². The van der Waals surface area contributed by atoms with E-state index >= 15 is 0 Å². The van der Waals surface area contributed by atoms with Crippen molar-refractivity contribution in [3.8, 4) is 11.4 Å². The Morgan fingerprint density at radius 1 is 1.22 bits per heavy atom. The van der Waals surface area contributed by atoms with Gasteiger partial charge in [0.1, 0.15) is 10.3 Å². The molecule has 0 fully saturated rings. The van der Waals surface area contributed by atoms with Gasteiger partial charge in [-0.25, -0.2) is 4.98 Å². The van der Waals surface area contributed by atoms with E-state index in [1.807, 2.05) is 25.1 Å². The molecule has 0 aliphatic rings. The maximum atomic E-state index is 11.9. The van der Waals surface area contributed by atoms with Gasteiger partial charge < -0.3 is 4.98 Å². The number of nitrogens with zero attached hydrogens (tertiary/aromatic N) is 1. The van der Waals surface area contributed by atoms with Gasteiger partial charge in [0.25, 0.3) is 5.56 Å². The molecule has 0 radical (unpaired) electrons. The summed E-state index contributed by atoms with van der Waals surface area (Å²) < 4.78 is 0.530. The maximum absolute atomic E-state index is 11.9. The number of aryl methyl sites for hydroxylation is 2. The van der Waals surface area contributed by atoms with Crippen LogP contribution in [-0.4, -0.2) is 9.97 Å². The molecule has 0 atom stereocenters. The normalized spacial score (nSPS) is 10.6. The summed E-state index contributed by atoms with van der Waals surface area (Å²) in [5.74, 6) is 0.650. The minimum Gasteiger partial charge on any atom is -0.306 e. The van der Waals surface area contributed by atoms with Gasteiger partial charge in [-0.3, -0.25) is 4.79 Å². The van der Waals surface area contributed by atoms with E-state index in [-0.39, 0.29) is 5.56 Å². The highest BCUT2D eigenvalue weighted by Crippen LogP contribution is 2.21. The Hall–Kier alpha value is -1.42. The summed E-state index contributed by atoms with van der Waals surface area (Å²) in [6.45, 7) is 4.08. The van der Waals surface area contributed by atoms with Crippen molar-refractivity contribution in [3.05, 3.63) is 50.3 Å².